The monoisotopic (exact) mass is 254 g/mol. The highest BCUT2D eigenvalue weighted by atomic mass is 16.6. The van der Waals surface area contributed by atoms with Crippen molar-refractivity contribution in [2.24, 2.45) is 0 Å². The molecule has 0 saturated heterocycles. The second-order valence-corrected chi connectivity index (χ2v) is 3.26. The van der Waals surface area contributed by atoms with Crippen molar-refractivity contribution < 1.29 is 28.9 Å². The molecule has 0 heterocycles. The van der Waals surface area contributed by atoms with Crippen LogP contribution in [0.2, 0.25) is 0 Å². The summed E-state index contributed by atoms with van der Waals surface area (Å²) >= 11 is 0. The molecule has 0 spiro atoms. The fraction of sp³-hybridized carbons (Fsp3) is 0.333. The van der Waals surface area contributed by atoms with Crippen molar-refractivity contribution >= 4 is 11.9 Å². The predicted octanol–water partition coefficient (Wildman–Crippen LogP) is 1.34. The molecular formula is C12H14O6. The van der Waals surface area contributed by atoms with Crippen LogP contribution in [0.4, 0.5) is 0 Å². The molecule has 0 aliphatic carbocycles. The second kappa shape index (κ2) is 6.48. The van der Waals surface area contributed by atoms with E-state index in [1.807, 2.05) is 0 Å². The van der Waals surface area contributed by atoms with E-state index in [1.54, 1.807) is 13.0 Å². The molecule has 0 aliphatic heterocycles. The van der Waals surface area contributed by atoms with Crippen LogP contribution in [0.1, 0.15) is 17.3 Å². The summed E-state index contributed by atoms with van der Waals surface area (Å²) in [6.45, 7) is 1.59. The lowest BCUT2D eigenvalue weighted by Gasteiger charge is -2.09. The van der Waals surface area contributed by atoms with Crippen molar-refractivity contribution in [1.82, 2.24) is 0 Å². The molecule has 0 atom stereocenters. The number of methoxy groups -OCH3 is 1. The number of benzene rings is 1. The van der Waals surface area contributed by atoms with Crippen LogP contribution >= 0.6 is 0 Å². The van der Waals surface area contributed by atoms with Gasteiger partial charge in [0, 0.05) is 0 Å². The summed E-state index contributed by atoms with van der Waals surface area (Å²) < 4.78 is 14.7. The van der Waals surface area contributed by atoms with Crippen molar-refractivity contribution in [3.05, 3.63) is 23.8 Å². The third kappa shape index (κ3) is 3.65. The van der Waals surface area contributed by atoms with Gasteiger partial charge in [0.25, 0.3) is 0 Å². The van der Waals surface area contributed by atoms with E-state index in [9.17, 15) is 9.59 Å². The normalized spacial score (nSPS) is 9.67. The number of carboxylic acids is 1. The first-order valence-electron chi connectivity index (χ1n) is 5.28. The van der Waals surface area contributed by atoms with E-state index in [2.05, 4.69) is 4.74 Å². The first-order valence-corrected chi connectivity index (χ1v) is 5.28. The van der Waals surface area contributed by atoms with Crippen molar-refractivity contribution in [2.75, 3.05) is 20.3 Å². The fourth-order valence-corrected chi connectivity index (χ4v) is 1.27. The van der Waals surface area contributed by atoms with Gasteiger partial charge in [-0.1, -0.05) is 0 Å². The summed E-state index contributed by atoms with van der Waals surface area (Å²) in [6, 6.07) is 4.30. The van der Waals surface area contributed by atoms with Gasteiger partial charge in [0.05, 0.1) is 13.7 Å². The Balaban J connectivity index is 2.81. The van der Waals surface area contributed by atoms with Crippen LogP contribution in [0.25, 0.3) is 0 Å². The molecule has 98 valence electrons. The number of esters is 1. The maximum absolute atomic E-state index is 11.1. The Bertz CT molecular complexity index is 440. The van der Waals surface area contributed by atoms with Crippen LogP contribution in [-0.4, -0.2) is 37.4 Å². The smallest absolute Gasteiger partial charge is 0.344 e. The van der Waals surface area contributed by atoms with Crippen LogP contribution in [-0.2, 0) is 9.53 Å². The molecule has 0 saturated carbocycles. The first-order chi connectivity index (χ1) is 8.58. The number of carbonyl (C=O) groups is 2. The van der Waals surface area contributed by atoms with Crippen molar-refractivity contribution in [1.29, 1.82) is 0 Å². The highest BCUT2D eigenvalue weighted by Gasteiger charge is 2.14. The predicted molar refractivity (Wildman–Crippen MR) is 62.1 cm³/mol. The van der Waals surface area contributed by atoms with Gasteiger partial charge in [0.2, 0.25) is 0 Å². The number of carbonyl (C=O) groups excluding carboxylic acids is 1. The number of carboxylic acid groups (broad SMARTS) is 1. The largest absolute Gasteiger partial charge is 0.497 e. The molecule has 0 bridgehead atoms. The average molecular weight is 254 g/mol. The number of hydrogen-bond donors (Lipinski definition) is 1. The number of ether oxygens (including phenoxy) is 3. The van der Waals surface area contributed by atoms with Crippen LogP contribution < -0.4 is 9.47 Å². The zero-order valence-electron chi connectivity index (χ0n) is 10.1. The molecule has 0 fully saturated rings. The molecule has 6 heteroatoms. The zero-order valence-corrected chi connectivity index (χ0v) is 10.1. The maximum atomic E-state index is 11.1. The van der Waals surface area contributed by atoms with E-state index in [-0.39, 0.29) is 24.5 Å². The van der Waals surface area contributed by atoms with Crippen LogP contribution in [0.5, 0.6) is 11.5 Å². The Kier molecular flexibility index (Phi) is 4.98. The summed E-state index contributed by atoms with van der Waals surface area (Å²) in [5.74, 6) is -1.22. The maximum Gasteiger partial charge on any atom is 0.344 e. The molecule has 0 radical (unpaired) electrons. The highest BCUT2D eigenvalue weighted by molar-refractivity contribution is 5.91. The SMILES string of the molecule is CCOC(=O)COc1ccc(OC)cc1C(=O)O. The van der Waals surface area contributed by atoms with E-state index in [0.29, 0.717) is 5.75 Å². The number of aromatic carboxylic acids is 1. The first kappa shape index (κ1) is 13.8. The van der Waals surface area contributed by atoms with Crippen LogP contribution in [0.15, 0.2) is 18.2 Å². The Morgan fingerprint density at radius 2 is 2.06 bits per heavy atom. The molecule has 18 heavy (non-hydrogen) atoms. The van der Waals surface area contributed by atoms with Gasteiger partial charge in [-0.3, -0.25) is 0 Å². The second-order valence-electron chi connectivity index (χ2n) is 3.26. The Labute approximate surface area is 104 Å². The lowest BCUT2D eigenvalue weighted by molar-refractivity contribution is -0.145. The van der Waals surface area contributed by atoms with Crippen molar-refractivity contribution in [2.45, 2.75) is 6.92 Å². The summed E-state index contributed by atoms with van der Waals surface area (Å²) in [6.07, 6.45) is 0. The Morgan fingerprint density at radius 3 is 2.61 bits per heavy atom. The molecule has 1 aromatic carbocycles. The quantitative estimate of drug-likeness (QED) is 0.771. The molecule has 1 N–H and O–H groups in total. The summed E-state index contributed by atoms with van der Waals surface area (Å²) in [5, 5.41) is 9.00. The van der Waals surface area contributed by atoms with Crippen molar-refractivity contribution in [3.8, 4) is 11.5 Å². The van der Waals surface area contributed by atoms with Crippen LogP contribution in [0, 0.1) is 0 Å². The number of hydrogen-bond acceptors (Lipinski definition) is 5. The topological polar surface area (TPSA) is 82.1 Å². The summed E-state index contributed by atoms with van der Waals surface area (Å²) in [4.78, 5) is 22.1. The van der Waals surface area contributed by atoms with Crippen LogP contribution in [0.3, 0.4) is 0 Å². The summed E-state index contributed by atoms with van der Waals surface area (Å²) in [5.41, 5.74) is -0.0707. The van der Waals surface area contributed by atoms with E-state index < -0.39 is 11.9 Å². The molecule has 1 aromatic rings. The van der Waals surface area contributed by atoms with E-state index >= 15 is 0 Å². The Hall–Kier alpha value is -2.24. The van der Waals surface area contributed by atoms with Gasteiger partial charge in [0.1, 0.15) is 17.1 Å². The summed E-state index contributed by atoms with van der Waals surface area (Å²) in [7, 11) is 1.43. The van der Waals surface area contributed by atoms with Gasteiger partial charge in [-0.2, -0.15) is 0 Å². The third-order valence-electron chi connectivity index (χ3n) is 2.07. The molecule has 0 unspecified atom stereocenters. The van der Waals surface area contributed by atoms with E-state index in [4.69, 9.17) is 14.6 Å². The molecular weight excluding hydrogens is 240 g/mol. The highest BCUT2D eigenvalue weighted by Crippen LogP contribution is 2.24. The minimum absolute atomic E-state index is 0.0707. The zero-order chi connectivity index (χ0) is 13.5. The molecule has 0 amide bonds. The van der Waals surface area contributed by atoms with Gasteiger partial charge < -0.3 is 19.3 Å². The lowest BCUT2D eigenvalue weighted by Crippen LogP contribution is -2.16. The van der Waals surface area contributed by atoms with Gasteiger partial charge in [0.15, 0.2) is 6.61 Å². The minimum atomic E-state index is -1.16. The van der Waals surface area contributed by atoms with Gasteiger partial charge in [-0.05, 0) is 25.1 Å². The van der Waals surface area contributed by atoms with E-state index in [1.165, 1.54) is 19.2 Å². The third-order valence-corrected chi connectivity index (χ3v) is 2.07. The van der Waals surface area contributed by atoms with Crippen molar-refractivity contribution in [3.63, 3.8) is 0 Å². The van der Waals surface area contributed by atoms with Gasteiger partial charge in [-0.15, -0.1) is 0 Å². The van der Waals surface area contributed by atoms with E-state index in [0.717, 1.165) is 0 Å². The lowest BCUT2D eigenvalue weighted by atomic mass is 10.2. The molecule has 0 aromatic heterocycles. The minimum Gasteiger partial charge on any atom is -0.497 e. The molecule has 1 rings (SSSR count). The standard InChI is InChI=1S/C12H14O6/c1-3-17-11(13)7-18-10-5-4-8(16-2)6-9(10)12(14)15/h4-6H,3,7H2,1-2H3,(H,14,15). The van der Waals surface area contributed by atoms with Gasteiger partial charge >= 0.3 is 11.9 Å². The average Bonchev–Trinajstić information content (AvgIpc) is 2.36. The number of rotatable bonds is 6. The van der Waals surface area contributed by atoms with Gasteiger partial charge in [-0.25, -0.2) is 9.59 Å². The molecule has 6 nitrogen and oxygen atoms in total. The molecule has 0 aliphatic rings. The fourth-order valence-electron chi connectivity index (χ4n) is 1.27. The Morgan fingerprint density at radius 1 is 1.33 bits per heavy atom.